The fourth-order valence-corrected chi connectivity index (χ4v) is 2.46. The van der Waals surface area contributed by atoms with E-state index in [1.165, 1.54) is 6.08 Å². The highest BCUT2D eigenvalue weighted by Crippen LogP contribution is 2.29. The monoisotopic (exact) mass is 340 g/mol. The second-order valence-electron chi connectivity index (χ2n) is 5.72. The van der Waals surface area contributed by atoms with Gasteiger partial charge in [-0.05, 0) is 47.7 Å². The lowest BCUT2D eigenvalue weighted by Gasteiger charge is -2.13. The van der Waals surface area contributed by atoms with Gasteiger partial charge in [0.15, 0.2) is 11.5 Å². The maximum atomic E-state index is 12.2. The molecule has 132 valence electrons. The first-order valence-corrected chi connectivity index (χ1v) is 8.29. The molecule has 0 saturated heterocycles. The number of benzene rings is 2. The summed E-state index contributed by atoms with van der Waals surface area (Å²) in [6.45, 7) is 4.23. The topological polar surface area (TPSA) is 44.8 Å². The molecule has 1 atom stereocenters. The highest BCUT2D eigenvalue weighted by Gasteiger charge is 2.11. The summed E-state index contributed by atoms with van der Waals surface area (Å²) in [5.74, 6) is 1.79. The van der Waals surface area contributed by atoms with Gasteiger partial charge < -0.3 is 14.2 Å². The molecule has 0 radical (unpaired) electrons. The van der Waals surface area contributed by atoms with Crippen LogP contribution >= 0.6 is 0 Å². The highest BCUT2D eigenvalue weighted by atomic mass is 16.5. The van der Waals surface area contributed by atoms with Crippen molar-refractivity contribution in [3.8, 4) is 17.2 Å². The minimum atomic E-state index is -0.412. The normalized spacial score (nSPS) is 12.0. The molecule has 4 nitrogen and oxygen atoms in total. The third-order valence-corrected chi connectivity index (χ3v) is 4.09. The standard InChI is InChI=1S/C21H24O4/c1-5-15(2)17-8-6-7-9-18(17)25-21(22)13-11-16-10-12-19(23-3)20(14-16)24-4/h6-15H,5H2,1-4H3. The van der Waals surface area contributed by atoms with E-state index >= 15 is 0 Å². The predicted octanol–water partition coefficient (Wildman–Crippen LogP) is 4.84. The lowest BCUT2D eigenvalue weighted by Crippen LogP contribution is -2.07. The van der Waals surface area contributed by atoms with Crippen LogP contribution in [0.3, 0.4) is 0 Å². The van der Waals surface area contributed by atoms with Crippen molar-refractivity contribution in [3.05, 3.63) is 59.7 Å². The van der Waals surface area contributed by atoms with Gasteiger partial charge in [-0.1, -0.05) is 38.1 Å². The van der Waals surface area contributed by atoms with Crippen LogP contribution in [0.5, 0.6) is 17.2 Å². The van der Waals surface area contributed by atoms with Gasteiger partial charge in [0.1, 0.15) is 5.75 Å². The molecular formula is C21H24O4. The summed E-state index contributed by atoms with van der Waals surface area (Å²) < 4.78 is 16.0. The van der Waals surface area contributed by atoms with Gasteiger partial charge in [-0.15, -0.1) is 0 Å². The molecule has 2 aromatic rings. The third-order valence-electron chi connectivity index (χ3n) is 4.09. The molecule has 0 N–H and O–H groups in total. The fraction of sp³-hybridized carbons (Fsp3) is 0.286. The molecule has 0 heterocycles. The van der Waals surface area contributed by atoms with Crippen LogP contribution in [0.2, 0.25) is 0 Å². The van der Waals surface area contributed by atoms with Gasteiger partial charge in [0.2, 0.25) is 0 Å². The summed E-state index contributed by atoms with van der Waals surface area (Å²) in [6.07, 6.45) is 4.08. The Labute approximate surface area is 149 Å². The zero-order valence-electron chi connectivity index (χ0n) is 15.1. The van der Waals surface area contributed by atoms with Crippen LogP contribution in [0.25, 0.3) is 6.08 Å². The number of rotatable bonds is 7. The largest absolute Gasteiger partial charge is 0.493 e. The van der Waals surface area contributed by atoms with Crippen molar-refractivity contribution in [2.45, 2.75) is 26.2 Å². The van der Waals surface area contributed by atoms with Crippen molar-refractivity contribution in [2.75, 3.05) is 14.2 Å². The Morgan fingerprint density at radius 1 is 1.04 bits per heavy atom. The Balaban J connectivity index is 2.12. The SMILES string of the molecule is CCC(C)c1ccccc1OC(=O)C=Cc1ccc(OC)c(OC)c1. The first kappa shape index (κ1) is 18.6. The maximum absolute atomic E-state index is 12.2. The van der Waals surface area contributed by atoms with E-state index in [4.69, 9.17) is 14.2 Å². The molecule has 4 heteroatoms. The van der Waals surface area contributed by atoms with Crippen LogP contribution in [-0.2, 0) is 4.79 Å². The highest BCUT2D eigenvalue weighted by molar-refractivity contribution is 5.89. The molecule has 0 spiro atoms. The van der Waals surface area contributed by atoms with Gasteiger partial charge >= 0.3 is 5.97 Å². The fourth-order valence-electron chi connectivity index (χ4n) is 2.46. The second-order valence-corrected chi connectivity index (χ2v) is 5.72. The van der Waals surface area contributed by atoms with E-state index in [0.717, 1.165) is 17.5 Å². The van der Waals surface area contributed by atoms with Crippen molar-refractivity contribution < 1.29 is 19.0 Å². The third kappa shape index (κ3) is 4.86. The lowest BCUT2D eigenvalue weighted by molar-refractivity contribution is -0.128. The van der Waals surface area contributed by atoms with Crippen LogP contribution in [0.15, 0.2) is 48.5 Å². The maximum Gasteiger partial charge on any atom is 0.336 e. The van der Waals surface area contributed by atoms with E-state index in [9.17, 15) is 4.79 Å². The molecule has 2 aromatic carbocycles. The zero-order chi connectivity index (χ0) is 18.2. The summed E-state index contributed by atoms with van der Waals surface area (Å²) in [6, 6.07) is 13.1. The molecule has 0 saturated carbocycles. The van der Waals surface area contributed by atoms with Crippen LogP contribution in [0, 0.1) is 0 Å². The summed E-state index contributed by atoms with van der Waals surface area (Å²) in [7, 11) is 3.16. The molecule has 0 aromatic heterocycles. The average molecular weight is 340 g/mol. The summed E-state index contributed by atoms with van der Waals surface area (Å²) in [4.78, 5) is 12.2. The minimum absolute atomic E-state index is 0.332. The first-order valence-electron chi connectivity index (χ1n) is 8.29. The second kappa shape index (κ2) is 8.92. The predicted molar refractivity (Wildman–Crippen MR) is 99.4 cm³/mol. The van der Waals surface area contributed by atoms with E-state index in [1.54, 1.807) is 32.4 Å². The number of carbonyl (C=O) groups is 1. The molecule has 0 fully saturated rings. The van der Waals surface area contributed by atoms with Gasteiger partial charge in [-0.3, -0.25) is 0 Å². The number of ether oxygens (including phenoxy) is 3. The molecule has 1 unspecified atom stereocenters. The average Bonchev–Trinajstić information content (AvgIpc) is 2.65. The van der Waals surface area contributed by atoms with Crippen molar-refractivity contribution in [1.82, 2.24) is 0 Å². The van der Waals surface area contributed by atoms with Crippen LogP contribution in [0.4, 0.5) is 0 Å². The summed E-state index contributed by atoms with van der Waals surface area (Å²) in [5, 5.41) is 0. The molecule has 0 bridgehead atoms. The number of methoxy groups -OCH3 is 2. The zero-order valence-corrected chi connectivity index (χ0v) is 15.1. The Morgan fingerprint density at radius 2 is 1.76 bits per heavy atom. The van der Waals surface area contributed by atoms with Crippen molar-refractivity contribution in [1.29, 1.82) is 0 Å². The van der Waals surface area contributed by atoms with Crippen molar-refractivity contribution in [2.24, 2.45) is 0 Å². The Bertz CT molecular complexity index is 749. The summed E-state index contributed by atoms with van der Waals surface area (Å²) >= 11 is 0. The minimum Gasteiger partial charge on any atom is -0.493 e. The molecule has 0 amide bonds. The first-order chi connectivity index (χ1) is 12.1. The Kier molecular flexibility index (Phi) is 6.63. The van der Waals surface area contributed by atoms with E-state index in [-0.39, 0.29) is 0 Å². The Hall–Kier alpha value is -2.75. The van der Waals surface area contributed by atoms with Crippen LogP contribution in [0.1, 0.15) is 37.3 Å². The number of hydrogen-bond acceptors (Lipinski definition) is 4. The van der Waals surface area contributed by atoms with Crippen LogP contribution < -0.4 is 14.2 Å². The molecule has 2 rings (SSSR count). The molecule has 0 aliphatic carbocycles. The lowest BCUT2D eigenvalue weighted by atomic mass is 9.98. The van der Waals surface area contributed by atoms with E-state index in [2.05, 4.69) is 13.8 Å². The van der Waals surface area contributed by atoms with Gasteiger partial charge in [-0.25, -0.2) is 4.79 Å². The van der Waals surface area contributed by atoms with Gasteiger partial charge in [-0.2, -0.15) is 0 Å². The number of hydrogen-bond donors (Lipinski definition) is 0. The van der Waals surface area contributed by atoms with E-state index in [1.807, 2.05) is 30.3 Å². The number of esters is 1. The van der Waals surface area contributed by atoms with Crippen LogP contribution in [-0.4, -0.2) is 20.2 Å². The molecular weight excluding hydrogens is 316 g/mol. The van der Waals surface area contributed by atoms with E-state index < -0.39 is 5.97 Å². The van der Waals surface area contributed by atoms with E-state index in [0.29, 0.717) is 23.2 Å². The quantitative estimate of drug-likeness (QED) is 0.411. The van der Waals surface area contributed by atoms with Crippen molar-refractivity contribution in [3.63, 3.8) is 0 Å². The molecule has 0 aliphatic heterocycles. The molecule has 0 aliphatic rings. The van der Waals surface area contributed by atoms with Crippen molar-refractivity contribution >= 4 is 12.0 Å². The number of para-hydroxylation sites is 1. The van der Waals surface area contributed by atoms with Gasteiger partial charge in [0.05, 0.1) is 14.2 Å². The summed E-state index contributed by atoms with van der Waals surface area (Å²) in [5.41, 5.74) is 1.86. The smallest absolute Gasteiger partial charge is 0.336 e. The Morgan fingerprint density at radius 3 is 2.44 bits per heavy atom. The molecule has 25 heavy (non-hydrogen) atoms. The van der Waals surface area contributed by atoms with Gasteiger partial charge in [0.25, 0.3) is 0 Å². The number of carbonyl (C=O) groups excluding carboxylic acids is 1. The van der Waals surface area contributed by atoms with Gasteiger partial charge in [0, 0.05) is 6.08 Å².